The molecule has 3 aliphatic rings. The molecule has 0 bridgehead atoms. The number of unbranched alkanes of at least 4 members (excludes halogenated alkanes) is 1. The van der Waals surface area contributed by atoms with Gasteiger partial charge in [0, 0.05) is 33.9 Å². The van der Waals surface area contributed by atoms with Crippen LogP contribution in [0.1, 0.15) is 74.6 Å². The maximum absolute atomic E-state index is 13.5. The van der Waals surface area contributed by atoms with Gasteiger partial charge in [0.05, 0.1) is 29.0 Å². The number of aromatic nitrogens is 2. The van der Waals surface area contributed by atoms with Gasteiger partial charge in [-0.25, -0.2) is 9.78 Å². The predicted octanol–water partition coefficient (Wildman–Crippen LogP) is 5.26. The molecule has 1 fully saturated rings. The van der Waals surface area contributed by atoms with Crippen molar-refractivity contribution in [2.75, 3.05) is 5.75 Å². The molecule has 0 aliphatic carbocycles. The predicted molar refractivity (Wildman–Crippen MR) is 156 cm³/mol. The number of nitrogens with zero attached hydrogens (tertiary/aromatic N) is 2. The summed E-state index contributed by atoms with van der Waals surface area (Å²) < 4.78 is 12.5. The van der Waals surface area contributed by atoms with Gasteiger partial charge in [0.2, 0.25) is 0 Å². The van der Waals surface area contributed by atoms with Gasteiger partial charge in [-0.05, 0) is 61.9 Å². The quantitative estimate of drug-likeness (QED) is 0.129. The number of aliphatic hydroxyl groups is 1. The molecule has 8 nitrogen and oxygen atoms in total. The molecular weight excluding hydrogens is 548 g/mol. The highest BCUT2D eigenvalue weighted by Gasteiger charge is 2.45. The third-order valence-corrected chi connectivity index (χ3v) is 11.3. The SMILES string of the molecule is CCc1c2c(nc3ccc(OC(=O)CCCCC4CCSS4)cc13)-c1cc3c(c(=O)n1C2)COC(=O)C3(O)CC. The molecular formula is C30H32N2O6S2. The zero-order valence-corrected chi connectivity index (χ0v) is 24.3. The summed E-state index contributed by atoms with van der Waals surface area (Å²) in [6, 6.07) is 7.19. The van der Waals surface area contributed by atoms with Crippen LogP contribution in [0.2, 0.25) is 0 Å². The number of benzene rings is 1. The lowest BCUT2D eigenvalue weighted by Crippen LogP contribution is -2.44. The van der Waals surface area contributed by atoms with Crippen LogP contribution in [0, 0.1) is 0 Å². The van der Waals surface area contributed by atoms with Crippen LogP contribution in [0.4, 0.5) is 0 Å². The summed E-state index contributed by atoms with van der Waals surface area (Å²) >= 11 is 0. The number of carbonyl (C=O) groups excluding carboxylic acids is 2. The Kier molecular flexibility index (Phi) is 7.43. The van der Waals surface area contributed by atoms with Gasteiger partial charge in [0.1, 0.15) is 12.4 Å². The van der Waals surface area contributed by atoms with E-state index in [2.05, 4.69) is 0 Å². The molecule has 2 aromatic heterocycles. The summed E-state index contributed by atoms with van der Waals surface area (Å²) in [5.41, 5.74) is 2.41. The van der Waals surface area contributed by atoms with Crippen LogP contribution in [0.3, 0.4) is 0 Å². The monoisotopic (exact) mass is 580 g/mol. The first-order chi connectivity index (χ1) is 19.3. The van der Waals surface area contributed by atoms with E-state index in [1.807, 2.05) is 40.6 Å². The Bertz CT molecular complexity index is 1580. The fraction of sp³-hybridized carbons (Fsp3) is 0.467. The van der Waals surface area contributed by atoms with E-state index in [9.17, 15) is 19.5 Å². The summed E-state index contributed by atoms with van der Waals surface area (Å²) in [6.45, 7) is 3.92. The molecule has 0 spiro atoms. The fourth-order valence-corrected chi connectivity index (χ4v) is 9.02. The van der Waals surface area contributed by atoms with Gasteiger partial charge in [-0.1, -0.05) is 41.9 Å². The molecule has 1 aromatic carbocycles. The van der Waals surface area contributed by atoms with Crippen LogP contribution < -0.4 is 10.3 Å². The summed E-state index contributed by atoms with van der Waals surface area (Å²) in [6.07, 6.45) is 5.44. The van der Waals surface area contributed by atoms with E-state index in [1.165, 1.54) is 12.2 Å². The van der Waals surface area contributed by atoms with Crippen molar-refractivity contribution in [3.8, 4) is 17.1 Å². The second-order valence-corrected chi connectivity index (χ2v) is 13.4. The molecule has 6 rings (SSSR count). The zero-order chi connectivity index (χ0) is 28.0. The van der Waals surface area contributed by atoms with E-state index >= 15 is 0 Å². The molecule has 210 valence electrons. The number of fused-ring (bicyclic) bond motifs is 5. The molecule has 2 unspecified atom stereocenters. The summed E-state index contributed by atoms with van der Waals surface area (Å²) in [5.74, 6) is 0.744. The van der Waals surface area contributed by atoms with Gasteiger partial charge in [-0.2, -0.15) is 0 Å². The molecule has 3 aromatic rings. The van der Waals surface area contributed by atoms with Crippen molar-refractivity contribution >= 4 is 44.4 Å². The molecule has 3 aliphatic heterocycles. The van der Waals surface area contributed by atoms with Crippen molar-refractivity contribution < 1.29 is 24.2 Å². The number of carbonyl (C=O) groups is 2. The highest BCUT2D eigenvalue weighted by atomic mass is 33.1. The number of ether oxygens (including phenoxy) is 2. The van der Waals surface area contributed by atoms with Crippen molar-refractivity contribution in [2.24, 2.45) is 0 Å². The van der Waals surface area contributed by atoms with Gasteiger partial charge in [0.25, 0.3) is 5.56 Å². The van der Waals surface area contributed by atoms with Crippen LogP contribution in [0.25, 0.3) is 22.3 Å². The van der Waals surface area contributed by atoms with Crippen molar-refractivity contribution in [1.29, 1.82) is 0 Å². The lowest BCUT2D eigenvalue weighted by Gasteiger charge is -2.31. The Morgan fingerprint density at radius 3 is 2.83 bits per heavy atom. The van der Waals surface area contributed by atoms with Crippen molar-refractivity contribution in [3.05, 3.63) is 56.9 Å². The van der Waals surface area contributed by atoms with Gasteiger partial charge in [-0.3, -0.25) is 9.59 Å². The molecule has 1 saturated heterocycles. The Hall–Kier alpha value is -2.82. The smallest absolute Gasteiger partial charge is 0.343 e. The third kappa shape index (κ3) is 4.63. The number of rotatable bonds is 8. The standard InChI is InChI=1S/C30H32N2O6S2/c1-3-19-20-13-17(38-26(33)8-6-5-7-18-11-12-39-40-18)9-10-24(20)31-27-21(19)15-32-25(27)14-23-22(28(32)34)16-37-29(35)30(23,36)4-2/h9-10,13-14,18,36H,3-8,11-12,15-16H2,1-2H3. The Morgan fingerprint density at radius 1 is 1.23 bits per heavy atom. The number of cyclic esters (lactones) is 1. The average Bonchev–Trinajstić information content (AvgIpc) is 3.60. The molecule has 0 amide bonds. The van der Waals surface area contributed by atoms with E-state index in [1.54, 1.807) is 23.6 Å². The lowest BCUT2D eigenvalue weighted by molar-refractivity contribution is -0.172. The highest BCUT2D eigenvalue weighted by molar-refractivity contribution is 8.77. The Balaban J connectivity index is 1.28. The van der Waals surface area contributed by atoms with Gasteiger partial charge >= 0.3 is 11.9 Å². The summed E-state index contributed by atoms with van der Waals surface area (Å²) in [7, 11) is 3.91. The van der Waals surface area contributed by atoms with Crippen molar-refractivity contribution in [2.45, 2.75) is 82.8 Å². The lowest BCUT2D eigenvalue weighted by atomic mass is 9.86. The van der Waals surface area contributed by atoms with Gasteiger partial charge in [0.15, 0.2) is 5.60 Å². The van der Waals surface area contributed by atoms with Crippen LogP contribution in [-0.4, -0.2) is 37.6 Å². The summed E-state index contributed by atoms with van der Waals surface area (Å²) in [5, 5.41) is 12.7. The number of aryl methyl sites for hydroxylation is 1. The minimum absolute atomic E-state index is 0.0974. The number of pyridine rings is 2. The average molecular weight is 581 g/mol. The Labute approximate surface area is 240 Å². The largest absolute Gasteiger partial charge is 0.458 e. The molecule has 0 radical (unpaired) electrons. The van der Waals surface area contributed by atoms with E-state index in [-0.39, 0.29) is 24.6 Å². The molecule has 0 saturated carbocycles. The minimum Gasteiger partial charge on any atom is -0.458 e. The van der Waals surface area contributed by atoms with Crippen molar-refractivity contribution in [3.63, 3.8) is 0 Å². The topological polar surface area (TPSA) is 108 Å². The maximum Gasteiger partial charge on any atom is 0.343 e. The van der Waals surface area contributed by atoms with Crippen LogP contribution >= 0.6 is 21.6 Å². The first-order valence-corrected chi connectivity index (χ1v) is 16.3. The molecule has 2 atom stereocenters. The molecule has 5 heterocycles. The first-order valence-electron chi connectivity index (χ1n) is 14.0. The second kappa shape index (κ2) is 10.9. The van der Waals surface area contributed by atoms with E-state index in [0.29, 0.717) is 52.9 Å². The number of hydrogen-bond acceptors (Lipinski definition) is 9. The molecule has 1 N–H and O–H groups in total. The van der Waals surface area contributed by atoms with Crippen LogP contribution in [-0.2, 0) is 39.5 Å². The van der Waals surface area contributed by atoms with Crippen molar-refractivity contribution in [1.82, 2.24) is 9.55 Å². The van der Waals surface area contributed by atoms with Gasteiger partial charge in [-0.15, -0.1) is 0 Å². The second-order valence-electron chi connectivity index (χ2n) is 10.6. The van der Waals surface area contributed by atoms with E-state index < -0.39 is 11.6 Å². The highest BCUT2D eigenvalue weighted by Crippen LogP contribution is 2.41. The molecule has 40 heavy (non-hydrogen) atoms. The normalized spacial score (nSPS) is 21.2. The van der Waals surface area contributed by atoms with Gasteiger partial charge < -0.3 is 19.1 Å². The van der Waals surface area contributed by atoms with E-state index in [4.69, 9.17) is 14.5 Å². The first kappa shape index (κ1) is 27.4. The fourth-order valence-electron chi connectivity index (χ4n) is 6.00. The number of esters is 2. The van der Waals surface area contributed by atoms with Crippen LogP contribution in [0.15, 0.2) is 29.1 Å². The minimum atomic E-state index is -1.86. The Morgan fingerprint density at radius 2 is 2.08 bits per heavy atom. The summed E-state index contributed by atoms with van der Waals surface area (Å²) in [4.78, 5) is 43.4. The van der Waals surface area contributed by atoms with E-state index in [0.717, 1.165) is 41.3 Å². The number of hydrogen-bond donors (Lipinski definition) is 1. The molecule has 10 heteroatoms. The maximum atomic E-state index is 13.5. The third-order valence-electron chi connectivity index (χ3n) is 8.25. The van der Waals surface area contributed by atoms with Crippen LogP contribution in [0.5, 0.6) is 5.75 Å². The zero-order valence-electron chi connectivity index (χ0n) is 22.7.